The Hall–Kier alpha value is -3.74. The van der Waals surface area contributed by atoms with Gasteiger partial charge in [-0.15, -0.1) is 0 Å². The number of rotatable bonds is 13. The van der Waals surface area contributed by atoms with Gasteiger partial charge < -0.3 is 23.7 Å². The van der Waals surface area contributed by atoms with E-state index in [4.69, 9.17) is 13.9 Å². The molecule has 2 amide bonds. The highest BCUT2D eigenvalue weighted by Crippen LogP contribution is 2.28. The quantitative estimate of drug-likeness (QED) is 0.318. The molecule has 0 radical (unpaired) electrons. The summed E-state index contributed by atoms with van der Waals surface area (Å²) in [5, 5.41) is 0. The molecule has 0 aliphatic heterocycles. The van der Waals surface area contributed by atoms with Crippen molar-refractivity contribution in [1.82, 2.24) is 9.80 Å². The highest BCUT2D eigenvalue weighted by Gasteiger charge is 2.24. The van der Waals surface area contributed by atoms with E-state index in [0.29, 0.717) is 48.9 Å². The van der Waals surface area contributed by atoms with Crippen molar-refractivity contribution in [2.24, 2.45) is 5.92 Å². The van der Waals surface area contributed by atoms with Gasteiger partial charge in [-0.2, -0.15) is 0 Å². The van der Waals surface area contributed by atoms with Crippen LogP contribution < -0.4 is 9.47 Å². The molecule has 0 unspecified atom stereocenters. The summed E-state index contributed by atoms with van der Waals surface area (Å²) in [4.78, 5) is 30.4. The first-order valence-electron chi connectivity index (χ1n) is 12.7. The second-order valence-electron chi connectivity index (χ2n) is 9.46. The van der Waals surface area contributed by atoms with Crippen LogP contribution in [0.3, 0.4) is 0 Å². The van der Waals surface area contributed by atoms with E-state index in [2.05, 4.69) is 6.92 Å². The molecule has 198 valence electrons. The Morgan fingerprint density at radius 3 is 2.22 bits per heavy atom. The summed E-state index contributed by atoms with van der Waals surface area (Å²) in [5.74, 6) is 1.95. The number of aryl methyl sites for hydroxylation is 1. The van der Waals surface area contributed by atoms with E-state index >= 15 is 0 Å². The van der Waals surface area contributed by atoms with Crippen LogP contribution in [0.1, 0.15) is 48.0 Å². The van der Waals surface area contributed by atoms with E-state index in [0.717, 1.165) is 12.0 Å². The fraction of sp³-hybridized carbons (Fsp3) is 0.400. The van der Waals surface area contributed by atoms with Gasteiger partial charge in [0.25, 0.3) is 5.91 Å². The molecule has 2 aromatic carbocycles. The molecule has 0 saturated heterocycles. The molecule has 0 N–H and O–H groups in total. The molecule has 1 heterocycles. The van der Waals surface area contributed by atoms with Gasteiger partial charge in [0.1, 0.15) is 12.3 Å². The summed E-state index contributed by atoms with van der Waals surface area (Å²) in [6.07, 6.45) is 3.12. The van der Waals surface area contributed by atoms with E-state index in [-0.39, 0.29) is 24.3 Å². The van der Waals surface area contributed by atoms with Gasteiger partial charge in [-0.3, -0.25) is 9.59 Å². The second kappa shape index (κ2) is 13.5. The minimum absolute atomic E-state index is 0.000809. The molecule has 0 aliphatic carbocycles. The standard InChI is InChI=1S/C30H38N2O5/c1-6-23-9-12-25(13-10-23)30(34)32(19-22(2)3)21-29(33)31(20-26-8-7-17-37-26)16-15-24-11-14-27(35-4)28(18-24)36-5/h7-14,17-18,22H,6,15-16,19-21H2,1-5H3. The van der Waals surface area contributed by atoms with E-state index < -0.39 is 0 Å². The number of nitrogens with zero attached hydrogens (tertiary/aromatic N) is 2. The van der Waals surface area contributed by atoms with Crippen molar-refractivity contribution < 1.29 is 23.5 Å². The van der Waals surface area contributed by atoms with Crippen molar-refractivity contribution in [2.75, 3.05) is 33.9 Å². The summed E-state index contributed by atoms with van der Waals surface area (Å²) in [6, 6.07) is 17.0. The number of hydrogen-bond donors (Lipinski definition) is 0. The Labute approximate surface area is 220 Å². The first kappa shape index (κ1) is 27.8. The van der Waals surface area contributed by atoms with Crippen LogP contribution in [0.5, 0.6) is 11.5 Å². The van der Waals surface area contributed by atoms with Gasteiger partial charge in [-0.1, -0.05) is 39.0 Å². The lowest BCUT2D eigenvalue weighted by Crippen LogP contribution is -2.44. The lowest BCUT2D eigenvalue weighted by Gasteiger charge is -2.28. The van der Waals surface area contributed by atoms with Crippen molar-refractivity contribution in [2.45, 2.75) is 40.2 Å². The Balaban J connectivity index is 1.77. The lowest BCUT2D eigenvalue weighted by molar-refractivity contribution is -0.132. The van der Waals surface area contributed by atoms with Crippen molar-refractivity contribution in [3.63, 3.8) is 0 Å². The molecule has 37 heavy (non-hydrogen) atoms. The molecule has 3 rings (SSSR count). The topological polar surface area (TPSA) is 72.2 Å². The monoisotopic (exact) mass is 506 g/mol. The number of amides is 2. The van der Waals surface area contributed by atoms with E-state index in [1.165, 1.54) is 5.56 Å². The summed E-state index contributed by atoms with van der Waals surface area (Å²) in [6.45, 7) is 7.45. The van der Waals surface area contributed by atoms with Crippen LogP contribution in [-0.2, 0) is 24.2 Å². The third-order valence-corrected chi connectivity index (χ3v) is 6.21. The highest BCUT2D eigenvalue weighted by atomic mass is 16.5. The SMILES string of the molecule is CCc1ccc(C(=O)N(CC(=O)N(CCc2ccc(OC)c(OC)c2)Cc2ccco2)CC(C)C)cc1. The maximum atomic E-state index is 13.6. The van der Waals surface area contributed by atoms with Gasteiger partial charge >= 0.3 is 0 Å². The smallest absolute Gasteiger partial charge is 0.254 e. The number of carbonyl (C=O) groups is 2. The minimum Gasteiger partial charge on any atom is -0.493 e. The molecule has 7 nitrogen and oxygen atoms in total. The highest BCUT2D eigenvalue weighted by molar-refractivity contribution is 5.96. The van der Waals surface area contributed by atoms with Crippen LogP contribution in [0.25, 0.3) is 0 Å². The maximum Gasteiger partial charge on any atom is 0.254 e. The van der Waals surface area contributed by atoms with Gasteiger partial charge in [0.05, 0.1) is 27.0 Å². The molecule has 0 spiro atoms. The Morgan fingerprint density at radius 2 is 1.62 bits per heavy atom. The third kappa shape index (κ3) is 7.87. The molecule has 0 atom stereocenters. The average molecular weight is 507 g/mol. The molecule has 3 aromatic rings. The number of ether oxygens (including phenoxy) is 2. The van der Waals surface area contributed by atoms with Crippen molar-refractivity contribution >= 4 is 11.8 Å². The third-order valence-electron chi connectivity index (χ3n) is 6.21. The maximum absolute atomic E-state index is 13.6. The van der Waals surface area contributed by atoms with Gasteiger partial charge in [-0.05, 0) is 66.3 Å². The van der Waals surface area contributed by atoms with Crippen molar-refractivity contribution in [3.8, 4) is 11.5 Å². The van der Waals surface area contributed by atoms with Crippen molar-refractivity contribution in [1.29, 1.82) is 0 Å². The van der Waals surface area contributed by atoms with Gasteiger partial charge in [-0.25, -0.2) is 0 Å². The molecule has 0 saturated carbocycles. The van der Waals surface area contributed by atoms with Gasteiger partial charge in [0, 0.05) is 18.7 Å². The van der Waals surface area contributed by atoms with Crippen LogP contribution in [0.15, 0.2) is 65.3 Å². The Bertz CT molecular complexity index is 1140. The molecular weight excluding hydrogens is 468 g/mol. The minimum atomic E-state index is -0.137. The van der Waals surface area contributed by atoms with Crippen LogP contribution in [0.2, 0.25) is 0 Å². The largest absolute Gasteiger partial charge is 0.493 e. The zero-order valence-electron chi connectivity index (χ0n) is 22.5. The summed E-state index contributed by atoms with van der Waals surface area (Å²) in [5.41, 5.74) is 2.78. The number of hydrogen-bond acceptors (Lipinski definition) is 5. The Morgan fingerprint density at radius 1 is 0.919 bits per heavy atom. The fourth-order valence-corrected chi connectivity index (χ4v) is 4.17. The van der Waals surface area contributed by atoms with E-state index in [1.54, 1.807) is 36.3 Å². The zero-order chi connectivity index (χ0) is 26.8. The lowest BCUT2D eigenvalue weighted by atomic mass is 10.1. The average Bonchev–Trinajstić information content (AvgIpc) is 3.43. The predicted molar refractivity (Wildman–Crippen MR) is 144 cm³/mol. The first-order valence-corrected chi connectivity index (χ1v) is 12.7. The van der Waals surface area contributed by atoms with Crippen LogP contribution in [0.4, 0.5) is 0 Å². The van der Waals surface area contributed by atoms with Gasteiger partial charge in [0.15, 0.2) is 11.5 Å². The Kier molecular flexibility index (Phi) is 10.2. The fourth-order valence-electron chi connectivity index (χ4n) is 4.17. The summed E-state index contributed by atoms with van der Waals surface area (Å²) >= 11 is 0. The molecule has 0 fully saturated rings. The van der Waals surface area contributed by atoms with E-state index in [9.17, 15) is 9.59 Å². The number of carbonyl (C=O) groups excluding carboxylic acids is 2. The van der Waals surface area contributed by atoms with Crippen LogP contribution in [0, 0.1) is 5.92 Å². The second-order valence-corrected chi connectivity index (χ2v) is 9.46. The zero-order valence-corrected chi connectivity index (χ0v) is 22.5. The van der Waals surface area contributed by atoms with Crippen LogP contribution >= 0.6 is 0 Å². The number of methoxy groups -OCH3 is 2. The summed E-state index contributed by atoms with van der Waals surface area (Å²) < 4.78 is 16.3. The normalized spacial score (nSPS) is 10.9. The predicted octanol–water partition coefficient (Wildman–Crippen LogP) is 5.23. The van der Waals surface area contributed by atoms with Gasteiger partial charge in [0.2, 0.25) is 5.91 Å². The van der Waals surface area contributed by atoms with Crippen LogP contribution in [-0.4, -0.2) is 55.5 Å². The molecule has 1 aromatic heterocycles. The molecule has 0 bridgehead atoms. The van der Waals surface area contributed by atoms with Crippen molar-refractivity contribution in [3.05, 3.63) is 83.3 Å². The summed E-state index contributed by atoms with van der Waals surface area (Å²) in [7, 11) is 3.20. The first-order chi connectivity index (χ1) is 17.8. The molecule has 0 aliphatic rings. The van der Waals surface area contributed by atoms with E-state index in [1.807, 2.05) is 62.4 Å². The number of furan rings is 1. The molecule has 7 heteroatoms. The number of benzene rings is 2. The molecular formula is C30H38N2O5.